The monoisotopic (exact) mass is 494 g/mol. The second-order valence-electron chi connectivity index (χ2n) is 5.63. The Balaban J connectivity index is 0.00000338. The molecular weight excluding hydrogens is 467 g/mol. The van der Waals surface area contributed by atoms with Crippen LogP contribution in [0, 0.1) is 0 Å². The minimum Gasteiger partial charge on any atom is -0.379 e. The van der Waals surface area contributed by atoms with Gasteiger partial charge in [-0.1, -0.05) is 30.3 Å². The predicted molar refractivity (Wildman–Crippen MR) is 115 cm³/mol. The smallest absolute Gasteiger partial charge is 0.218 e. The average molecular weight is 494 g/mol. The van der Waals surface area contributed by atoms with Gasteiger partial charge in [-0.25, -0.2) is 8.42 Å². The highest BCUT2D eigenvalue weighted by molar-refractivity contribution is 14.0. The van der Waals surface area contributed by atoms with Gasteiger partial charge in [-0.05, 0) is 11.1 Å². The Morgan fingerprint density at radius 3 is 2.54 bits per heavy atom. The summed E-state index contributed by atoms with van der Waals surface area (Å²) in [4.78, 5) is 4.12. The van der Waals surface area contributed by atoms with Gasteiger partial charge >= 0.3 is 0 Å². The third-order valence-electron chi connectivity index (χ3n) is 3.90. The lowest BCUT2D eigenvalue weighted by Gasteiger charge is -2.26. The van der Waals surface area contributed by atoms with Crippen LogP contribution in [-0.4, -0.2) is 58.6 Å². The van der Waals surface area contributed by atoms with E-state index in [1.165, 1.54) is 4.31 Å². The van der Waals surface area contributed by atoms with Gasteiger partial charge in [0, 0.05) is 33.2 Å². The van der Waals surface area contributed by atoms with Crippen molar-refractivity contribution < 1.29 is 13.2 Å². The number of hydrogen-bond acceptors (Lipinski definition) is 4. The molecule has 7 nitrogen and oxygen atoms in total. The van der Waals surface area contributed by atoms with Crippen LogP contribution in [0.2, 0.25) is 0 Å². The Morgan fingerprint density at radius 2 is 1.92 bits per heavy atom. The highest BCUT2D eigenvalue weighted by Crippen LogP contribution is 2.16. The van der Waals surface area contributed by atoms with Gasteiger partial charge in [0.25, 0.3) is 0 Å². The van der Waals surface area contributed by atoms with E-state index in [-0.39, 0.29) is 29.7 Å². The Hall–Kier alpha value is -1.17. The van der Waals surface area contributed by atoms with E-state index in [2.05, 4.69) is 22.2 Å². The molecule has 1 aliphatic rings. The van der Waals surface area contributed by atoms with Crippen LogP contribution >= 0.6 is 24.0 Å². The molecule has 2 N–H and O–H groups in total. The number of ether oxygens (including phenoxy) is 1. The summed E-state index contributed by atoms with van der Waals surface area (Å²) in [6.45, 7) is 6.49. The summed E-state index contributed by atoms with van der Waals surface area (Å²) < 4.78 is 32.0. The molecule has 1 aromatic rings. The maximum absolute atomic E-state index is 12.6. The van der Waals surface area contributed by atoms with Crippen molar-refractivity contribution in [2.24, 2.45) is 4.99 Å². The molecule has 1 fully saturated rings. The number of rotatable bonds is 7. The number of nitrogens with one attached hydrogen (secondary N) is 2. The second kappa shape index (κ2) is 11.5. The summed E-state index contributed by atoms with van der Waals surface area (Å²) in [6.07, 6.45) is 1.75. The highest BCUT2D eigenvalue weighted by atomic mass is 127. The van der Waals surface area contributed by atoms with Gasteiger partial charge in [0.05, 0.1) is 19.0 Å². The lowest BCUT2D eigenvalue weighted by Crippen LogP contribution is -2.41. The van der Waals surface area contributed by atoms with Crippen molar-refractivity contribution in [2.75, 3.05) is 39.9 Å². The molecule has 0 bridgehead atoms. The molecule has 0 radical (unpaired) electrons. The maximum Gasteiger partial charge on any atom is 0.218 e. The molecule has 0 aromatic heterocycles. The number of aliphatic imine (C=N–C) groups is 1. The molecule has 9 heteroatoms. The SMILES string of the molecule is C=CCNC(=NC)NCc1ccccc1CS(=O)(=O)N1CCOCC1.I. The standard InChI is InChI=1S/C17H26N4O3S.HI/c1-3-8-19-17(18-2)20-13-15-6-4-5-7-16(15)14-25(22,23)21-9-11-24-12-10-21;/h3-7H,1,8-14H2,2H3,(H2,18,19,20);1H. The van der Waals surface area contributed by atoms with Gasteiger partial charge in [0.15, 0.2) is 5.96 Å². The number of nitrogens with zero attached hydrogens (tertiary/aromatic N) is 2. The van der Waals surface area contributed by atoms with Gasteiger partial charge in [-0.2, -0.15) is 4.31 Å². The number of guanidine groups is 1. The Bertz CT molecular complexity index is 704. The number of benzene rings is 1. The van der Waals surface area contributed by atoms with Crippen LogP contribution in [0.25, 0.3) is 0 Å². The summed E-state index contributed by atoms with van der Waals surface area (Å²) in [7, 11) is -1.66. The minimum atomic E-state index is -3.35. The lowest BCUT2D eigenvalue weighted by molar-refractivity contribution is 0.0729. The first kappa shape index (κ1) is 22.9. The largest absolute Gasteiger partial charge is 0.379 e. The van der Waals surface area contributed by atoms with Gasteiger partial charge in [0.2, 0.25) is 10.0 Å². The summed E-state index contributed by atoms with van der Waals surface area (Å²) in [5, 5.41) is 6.28. The first-order valence-electron chi connectivity index (χ1n) is 8.24. The summed E-state index contributed by atoms with van der Waals surface area (Å²) >= 11 is 0. The van der Waals surface area contributed by atoms with Crippen LogP contribution < -0.4 is 10.6 Å². The number of hydrogen-bond donors (Lipinski definition) is 2. The van der Waals surface area contributed by atoms with Crippen molar-refractivity contribution in [3.05, 3.63) is 48.0 Å². The third-order valence-corrected chi connectivity index (χ3v) is 5.73. The lowest BCUT2D eigenvalue weighted by atomic mass is 10.1. The number of halogens is 1. The zero-order valence-electron chi connectivity index (χ0n) is 15.0. The number of sulfonamides is 1. The maximum atomic E-state index is 12.6. The van der Waals surface area contributed by atoms with Crippen LogP contribution in [0.5, 0.6) is 0 Å². The van der Waals surface area contributed by atoms with E-state index in [1.807, 2.05) is 24.3 Å². The molecule has 1 aromatic carbocycles. The molecule has 1 aliphatic heterocycles. The van der Waals surface area contributed by atoms with Crippen molar-refractivity contribution in [1.29, 1.82) is 0 Å². The first-order chi connectivity index (χ1) is 12.1. The molecule has 26 heavy (non-hydrogen) atoms. The summed E-state index contributed by atoms with van der Waals surface area (Å²) in [5.41, 5.74) is 1.72. The Morgan fingerprint density at radius 1 is 1.27 bits per heavy atom. The summed E-state index contributed by atoms with van der Waals surface area (Å²) in [6, 6.07) is 7.55. The van der Waals surface area contributed by atoms with E-state index in [0.717, 1.165) is 11.1 Å². The fourth-order valence-electron chi connectivity index (χ4n) is 2.55. The zero-order chi connectivity index (χ0) is 18.1. The second-order valence-corrected chi connectivity index (χ2v) is 7.60. The molecule has 1 heterocycles. The predicted octanol–water partition coefficient (Wildman–Crippen LogP) is 1.32. The highest BCUT2D eigenvalue weighted by Gasteiger charge is 2.25. The van der Waals surface area contributed by atoms with E-state index < -0.39 is 10.0 Å². The van der Waals surface area contributed by atoms with Crippen LogP contribution in [0.15, 0.2) is 41.9 Å². The quantitative estimate of drug-likeness (QED) is 0.259. The van der Waals surface area contributed by atoms with Gasteiger partial charge < -0.3 is 15.4 Å². The Kier molecular flexibility index (Phi) is 10.1. The van der Waals surface area contributed by atoms with E-state index in [1.54, 1.807) is 13.1 Å². The molecule has 0 spiro atoms. The third kappa shape index (κ3) is 6.86. The molecule has 0 aliphatic carbocycles. The molecule has 1 saturated heterocycles. The van der Waals surface area contributed by atoms with Crippen molar-refractivity contribution in [3.8, 4) is 0 Å². The van der Waals surface area contributed by atoms with Crippen LogP contribution in [0.4, 0.5) is 0 Å². The van der Waals surface area contributed by atoms with Crippen molar-refractivity contribution in [1.82, 2.24) is 14.9 Å². The van der Waals surface area contributed by atoms with Crippen molar-refractivity contribution in [3.63, 3.8) is 0 Å². The van der Waals surface area contributed by atoms with Gasteiger partial charge in [0.1, 0.15) is 0 Å². The van der Waals surface area contributed by atoms with Crippen LogP contribution in [0.1, 0.15) is 11.1 Å². The topological polar surface area (TPSA) is 83.0 Å². The molecular formula is C17H27IN4O3S. The molecule has 146 valence electrons. The van der Waals surface area contributed by atoms with Gasteiger partial charge in [-0.3, -0.25) is 4.99 Å². The van der Waals surface area contributed by atoms with Crippen LogP contribution in [-0.2, 0) is 27.1 Å². The molecule has 0 amide bonds. The molecule has 0 unspecified atom stereocenters. The molecule has 0 saturated carbocycles. The van der Waals surface area contributed by atoms with E-state index in [0.29, 0.717) is 45.4 Å². The average Bonchev–Trinajstić information content (AvgIpc) is 2.63. The number of morpholine rings is 1. The Labute approximate surface area is 173 Å². The van der Waals surface area contributed by atoms with Crippen molar-refractivity contribution >= 4 is 40.0 Å². The van der Waals surface area contributed by atoms with Crippen LogP contribution in [0.3, 0.4) is 0 Å². The minimum absolute atomic E-state index is 0. The van der Waals surface area contributed by atoms with E-state index in [4.69, 9.17) is 4.74 Å². The fourth-order valence-corrected chi connectivity index (χ4v) is 4.11. The van der Waals surface area contributed by atoms with E-state index in [9.17, 15) is 8.42 Å². The van der Waals surface area contributed by atoms with E-state index >= 15 is 0 Å². The first-order valence-corrected chi connectivity index (χ1v) is 9.85. The van der Waals surface area contributed by atoms with Crippen molar-refractivity contribution in [2.45, 2.75) is 12.3 Å². The fraction of sp³-hybridized carbons (Fsp3) is 0.471. The normalized spacial score (nSPS) is 15.8. The summed E-state index contributed by atoms with van der Waals surface area (Å²) in [5.74, 6) is 0.634. The molecule has 0 atom stereocenters. The zero-order valence-corrected chi connectivity index (χ0v) is 18.1. The van der Waals surface area contributed by atoms with Gasteiger partial charge in [-0.15, -0.1) is 30.6 Å². The molecule has 2 rings (SSSR count).